The van der Waals surface area contributed by atoms with Crippen LogP contribution in [-0.4, -0.2) is 40.1 Å². The van der Waals surface area contributed by atoms with E-state index in [1.165, 1.54) is 0 Å². The predicted octanol–water partition coefficient (Wildman–Crippen LogP) is 6.79. The standard InChI is InChI=1S/C23H43O6PSi2/c1-12-27-30(25,26)17-19(24)15-18-13-14-20(28-31(8,9)22(2,3)4)21(16-18)29-32(10,11)23(5,6)7/h13-14,16H,12,15,17H2,1-11H3,(H,25,26). The smallest absolute Gasteiger partial charge is 0.335 e. The van der Waals surface area contributed by atoms with E-state index in [0.717, 1.165) is 5.56 Å². The molecule has 9 heteroatoms. The van der Waals surface area contributed by atoms with Crippen LogP contribution < -0.4 is 8.85 Å². The molecule has 6 nitrogen and oxygen atoms in total. The Morgan fingerprint density at radius 1 is 0.938 bits per heavy atom. The van der Waals surface area contributed by atoms with E-state index in [1.807, 2.05) is 18.2 Å². The van der Waals surface area contributed by atoms with Gasteiger partial charge in [0.05, 0.1) is 6.61 Å². The molecule has 0 fully saturated rings. The van der Waals surface area contributed by atoms with Gasteiger partial charge in [0.1, 0.15) is 23.4 Å². The Morgan fingerprint density at radius 3 is 1.84 bits per heavy atom. The number of rotatable bonds is 10. The quantitative estimate of drug-likeness (QED) is 0.280. The van der Waals surface area contributed by atoms with Crippen molar-refractivity contribution in [2.45, 2.75) is 91.2 Å². The van der Waals surface area contributed by atoms with Gasteiger partial charge in [-0.2, -0.15) is 0 Å². The highest BCUT2D eigenvalue weighted by atomic mass is 31.2. The largest absolute Gasteiger partial charge is 0.541 e. The molecule has 0 heterocycles. The summed E-state index contributed by atoms with van der Waals surface area (Å²) in [5.74, 6) is 0.990. The number of hydrogen-bond acceptors (Lipinski definition) is 5. The first-order chi connectivity index (χ1) is 14.2. The summed E-state index contributed by atoms with van der Waals surface area (Å²) in [6, 6.07) is 5.55. The second-order valence-electron chi connectivity index (χ2n) is 11.4. The Balaban J connectivity index is 3.30. The fraction of sp³-hybridized carbons (Fsp3) is 0.696. The Kier molecular flexibility index (Phi) is 9.22. The lowest BCUT2D eigenvalue weighted by molar-refractivity contribution is -0.116. The Bertz CT molecular complexity index is 853. The molecule has 184 valence electrons. The Morgan fingerprint density at radius 2 is 1.41 bits per heavy atom. The van der Waals surface area contributed by atoms with Gasteiger partial charge in [0.2, 0.25) is 0 Å². The summed E-state index contributed by atoms with van der Waals surface area (Å²) in [4.78, 5) is 22.2. The number of carbonyl (C=O) groups excluding carboxylic acids is 1. The molecule has 0 aromatic heterocycles. The Hall–Kier alpha value is -0.926. The summed E-state index contributed by atoms with van der Waals surface area (Å²) in [7, 11) is -8.17. The summed E-state index contributed by atoms with van der Waals surface area (Å²) in [6.45, 7) is 23.5. The highest BCUT2D eigenvalue weighted by molar-refractivity contribution is 7.53. The van der Waals surface area contributed by atoms with Crippen molar-refractivity contribution in [3.63, 3.8) is 0 Å². The average Bonchev–Trinajstić information content (AvgIpc) is 2.53. The van der Waals surface area contributed by atoms with E-state index in [-0.39, 0.29) is 28.9 Å². The molecule has 0 aliphatic heterocycles. The van der Waals surface area contributed by atoms with Crippen LogP contribution in [0.25, 0.3) is 0 Å². The molecule has 1 aromatic rings. The van der Waals surface area contributed by atoms with Crippen LogP contribution in [0.5, 0.6) is 11.5 Å². The zero-order valence-corrected chi connectivity index (χ0v) is 24.7. The lowest BCUT2D eigenvalue weighted by Crippen LogP contribution is -2.45. The van der Waals surface area contributed by atoms with E-state index in [9.17, 15) is 14.3 Å². The van der Waals surface area contributed by atoms with Crippen molar-refractivity contribution in [2.24, 2.45) is 0 Å². The maximum Gasteiger partial charge on any atom is 0.335 e. The summed E-state index contributed by atoms with van der Waals surface area (Å²) < 4.78 is 30.0. The van der Waals surface area contributed by atoms with E-state index in [1.54, 1.807) is 6.92 Å². The van der Waals surface area contributed by atoms with Gasteiger partial charge in [-0.3, -0.25) is 9.36 Å². The lowest BCUT2D eigenvalue weighted by Gasteiger charge is -2.39. The average molecular weight is 503 g/mol. The molecular formula is C23H43O6PSi2. The first kappa shape index (κ1) is 29.1. The highest BCUT2D eigenvalue weighted by Crippen LogP contribution is 2.44. The van der Waals surface area contributed by atoms with Crippen molar-refractivity contribution in [3.05, 3.63) is 23.8 Å². The molecule has 0 saturated heterocycles. The summed E-state index contributed by atoms with van der Waals surface area (Å²) in [5.41, 5.74) is 0.725. The summed E-state index contributed by atoms with van der Waals surface area (Å²) >= 11 is 0. The van der Waals surface area contributed by atoms with Crippen molar-refractivity contribution < 1.29 is 27.6 Å². The molecule has 1 unspecified atom stereocenters. The fourth-order valence-electron chi connectivity index (χ4n) is 2.44. The zero-order valence-electron chi connectivity index (χ0n) is 21.8. The van der Waals surface area contributed by atoms with E-state index < -0.39 is 30.4 Å². The van der Waals surface area contributed by atoms with Crippen LogP contribution in [0.2, 0.25) is 36.3 Å². The minimum absolute atomic E-state index is 0.00587. The number of benzene rings is 1. The van der Waals surface area contributed by atoms with Gasteiger partial charge in [0, 0.05) is 6.42 Å². The number of Topliss-reactive ketones (excluding diaryl/α,β-unsaturated/α-hetero) is 1. The molecule has 0 aliphatic rings. The maximum absolute atomic E-state index is 12.4. The number of hydrogen-bond donors (Lipinski definition) is 1. The van der Waals surface area contributed by atoms with Crippen LogP contribution in [0.3, 0.4) is 0 Å². The van der Waals surface area contributed by atoms with E-state index in [2.05, 4.69) is 67.7 Å². The molecule has 32 heavy (non-hydrogen) atoms. The van der Waals surface area contributed by atoms with E-state index in [0.29, 0.717) is 11.5 Å². The molecule has 1 N–H and O–H groups in total. The third kappa shape index (κ3) is 8.13. The molecule has 0 saturated carbocycles. The minimum atomic E-state index is -3.90. The normalized spacial score (nSPS) is 15.2. The van der Waals surface area contributed by atoms with Crippen LogP contribution in [0.1, 0.15) is 54.0 Å². The lowest BCUT2D eigenvalue weighted by atomic mass is 10.1. The third-order valence-electron chi connectivity index (χ3n) is 6.46. The Labute approximate surface area is 196 Å². The van der Waals surface area contributed by atoms with Gasteiger partial charge in [-0.15, -0.1) is 0 Å². The van der Waals surface area contributed by atoms with Gasteiger partial charge in [-0.1, -0.05) is 47.6 Å². The molecule has 0 bridgehead atoms. The first-order valence-electron chi connectivity index (χ1n) is 11.2. The predicted molar refractivity (Wildman–Crippen MR) is 137 cm³/mol. The third-order valence-corrected chi connectivity index (χ3v) is 16.6. The molecule has 0 aliphatic carbocycles. The van der Waals surface area contributed by atoms with Crippen molar-refractivity contribution in [3.8, 4) is 11.5 Å². The number of carbonyl (C=O) groups is 1. The molecule has 0 spiro atoms. The van der Waals surface area contributed by atoms with Gasteiger partial charge in [0.15, 0.2) is 0 Å². The minimum Gasteiger partial charge on any atom is -0.541 e. The molecule has 1 aromatic carbocycles. The van der Waals surface area contributed by atoms with Gasteiger partial charge >= 0.3 is 7.60 Å². The highest BCUT2D eigenvalue weighted by Gasteiger charge is 2.42. The molecule has 1 atom stereocenters. The van der Waals surface area contributed by atoms with E-state index in [4.69, 9.17) is 13.4 Å². The summed E-state index contributed by atoms with van der Waals surface area (Å²) in [6.07, 6.45) is -0.465. The van der Waals surface area contributed by atoms with Crippen molar-refractivity contribution >= 4 is 30.0 Å². The topological polar surface area (TPSA) is 82.1 Å². The fourth-order valence-corrected chi connectivity index (χ4v) is 5.53. The molecule has 1 rings (SSSR count). The van der Waals surface area contributed by atoms with Crippen LogP contribution >= 0.6 is 7.60 Å². The second-order valence-corrected chi connectivity index (χ2v) is 22.7. The van der Waals surface area contributed by atoms with Crippen molar-refractivity contribution in [2.75, 3.05) is 12.8 Å². The van der Waals surface area contributed by atoms with Gasteiger partial charge in [-0.25, -0.2) is 0 Å². The van der Waals surface area contributed by atoms with Gasteiger partial charge < -0.3 is 18.3 Å². The first-order valence-corrected chi connectivity index (χ1v) is 18.8. The van der Waals surface area contributed by atoms with Crippen molar-refractivity contribution in [1.82, 2.24) is 0 Å². The van der Waals surface area contributed by atoms with Gasteiger partial charge in [0.25, 0.3) is 16.6 Å². The van der Waals surface area contributed by atoms with E-state index >= 15 is 0 Å². The maximum atomic E-state index is 12.4. The second kappa shape index (κ2) is 10.1. The molecular weight excluding hydrogens is 459 g/mol. The van der Waals surface area contributed by atoms with Crippen LogP contribution in [0.4, 0.5) is 0 Å². The van der Waals surface area contributed by atoms with Crippen LogP contribution in [-0.2, 0) is 20.3 Å². The van der Waals surface area contributed by atoms with Crippen LogP contribution in [0.15, 0.2) is 18.2 Å². The number of ketones is 1. The molecule has 0 amide bonds. The van der Waals surface area contributed by atoms with Crippen LogP contribution in [0, 0.1) is 0 Å². The van der Waals surface area contributed by atoms with Crippen molar-refractivity contribution in [1.29, 1.82) is 0 Å². The monoisotopic (exact) mass is 502 g/mol. The van der Waals surface area contributed by atoms with Gasteiger partial charge in [-0.05, 0) is 60.9 Å². The molecule has 0 radical (unpaired) electrons. The SMILES string of the molecule is CCOP(=O)(O)CC(=O)Cc1ccc(O[Si](C)(C)C(C)(C)C)c(O[Si](C)(C)C(C)(C)C)c1. The zero-order chi connectivity index (χ0) is 25.2. The summed E-state index contributed by atoms with van der Waals surface area (Å²) in [5, 5.41) is 0.0194.